The van der Waals surface area contributed by atoms with Crippen molar-refractivity contribution < 1.29 is 23.8 Å². The van der Waals surface area contributed by atoms with Gasteiger partial charge in [0.05, 0.1) is 0 Å². The quantitative estimate of drug-likeness (QED) is 0.907. The van der Waals surface area contributed by atoms with Gasteiger partial charge < -0.3 is 9.84 Å². The fourth-order valence-electron chi connectivity index (χ4n) is 2.71. The van der Waals surface area contributed by atoms with Crippen LogP contribution in [0.2, 0.25) is 5.02 Å². The number of aliphatic hydroxyl groups excluding tert-OH is 1. The molecule has 1 saturated heterocycles. The predicted molar refractivity (Wildman–Crippen MR) is 75.5 cm³/mol. The first-order valence-corrected chi connectivity index (χ1v) is 7.15. The number of likely N-dealkylation sites (tertiary alicyclic amines) is 1. The van der Waals surface area contributed by atoms with Crippen LogP contribution < -0.4 is 0 Å². The van der Waals surface area contributed by atoms with Gasteiger partial charge in [-0.05, 0) is 25.5 Å². The Morgan fingerprint density at radius 2 is 2.14 bits per heavy atom. The molecule has 0 aromatic heterocycles. The molecule has 1 aromatic rings. The lowest BCUT2D eigenvalue weighted by molar-refractivity contribution is -0.137. The van der Waals surface area contributed by atoms with E-state index in [0.717, 1.165) is 6.07 Å². The summed E-state index contributed by atoms with van der Waals surface area (Å²) in [4.78, 5) is 25.4. The Kier molecular flexibility index (Phi) is 3.36. The summed E-state index contributed by atoms with van der Waals surface area (Å²) in [5.41, 5.74) is -1.77. The van der Waals surface area contributed by atoms with Gasteiger partial charge in [0.15, 0.2) is 0 Å². The fourth-order valence-corrected chi connectivity index (χ4v) is 2.87. The van der Waals surface area contributed by atoms with Gasteiger partial charge in [-0.15, -0.1) is 0 Å². The van der Waals surface area contributed by atoms with Crippen molar-refractivity contribution in [2.45, 2.75) is 25.4 Å². The Labute approximate surface area is 130 Å². The Morgan fingerprint density at radius 3 is 2.73 bits per heavy atom. The molecule has 1 atom stereocenters. The molecule has 0 bridgehead atoms. The van der Waals surface area contributed by atoms with Crippen LogP contribution in [0, 0.1) is 5.82 Å². The van der Waals surface area contributed by atoms with Crippen molar-refractivity contribution in [1.29, 1.82) is 0 Å². The molecule has 0 spiro atoms. The van der Waals surface area contributed by atoms with E-state index in [1.807, 2.05) is 0 Å². The van der Waals surface area contributed by atoms with Crippen molar-refractivity contribution >= 4 is 23.3 Å². The molecular formula is C15H13ClFNO4. The van der Waals surface area contributed by atoms with E-state index in [-0.39, 0.29) is 22.4 Å². The Balaban J connectivity index is 2.01. The van der Waals surface area contributed by atoms with Gasteiger partial charge in [0.1, 0.15) is 5.82 Å². The van der Waals surface area contributed by atoms with Crippen LogP contribution >= 0.6 is 11.6 Å². The maximum atomic E-state index is 14.1. The molecule has 5 nitrogen and oxygen atoms in total. The molecule has 0 aliphatic carbocycles. The van der Waals surface area contributed by atoms with E-state index in [0.29, 0.717) is 19.4 Å². The number of hydrogen-bond donors (Lipinski definition) is 1. The standard InChI is InChI=1S/C15H13ClFNO4/c1-15(9-5-4-8(16)7-10(9)17)13(21)12(20)14(22-15)18-6-2-3-11(18)19/h4-5,7,20H,2-3,6H2,1H3. The van der Waals surface area contributed by atoms with Crippen molar-refractivity contribution in [2.75, 3.05) is 6.54 Å². The molecule has 7 heteroatoms. The number of carbonyl (C=O) groups is 2. The SMILES string of the molecule is CC1(c2ccc(Cl)cc2F)OC(N2CCCC2=O)=C(O)C1=O. The van der Waals surface area contributed by atoms with Crippen LogP contribution in [0.15, 0.2) is 29.8 Å². The molecule has 2 heterocycles. The molecule has 3 rings (SSSR count). The van der Waals surface area contributed by atoms with Crippen LogP contribution in [-0.2, 0) is 19.9 Å². The van der Waals surface area contributed by atoms with Gasteiger partial charge in [0.2, 0.25) is 23.2 Å². The summed E-state index contributed by atoms with van der Waals surface area (Å²) >= 11 is 5.71. The summed E-state index contributed by atoms with van der Waals surface area (Å²) < 4.78 is 19.7. The second kappa shape index (κ2) is 4.98. The predicted octanol–water partition coefficient (Wildman–Crippen LogP) is 2.64. The van der Waals surface area contributed by atoms with Crippen LogP contribution in [0.25, 0.3) is 0 Å². The molecule has 0 saturated carbocycles. The highest BCUT2D eigenvalue weighted by Crippen LogP contribution is 2.41. The summed E-state index contributed by atoms with van der Waals surface area (Å²) in [5, 5.41) is 10.2. The van der Waals surface area contributed by atoms with Crippen LogP contribution in [0.1, 0.15) is 25.3 Å². The zero-order valence-corrected chi connectivity index (χ0v) is 12.5. The molecule has 22 heavy (non-hydrogen) atoms. The lowest BCUT2D eigenvalue weighted by Crippen LogP contribution is -2.33. The second-order valence-corrected chi connectivity index (χ2v) is 5.83. The molecular weight excluding hydrogens is 313 g/mol. The normalized spacial score (nSPS) is 25.1. The maximum absolute atomic E-state index is 14.1. The number of halogens is 2. The van der Waals surface area contributed by atoms with E-state index >= 15 is 0 Å². The zero-order valence-electron chi connectivity index (χ0n) is 11.7. The largest absolute Gasteiger partial charge is 0.501 e. The van der Waals surface area contributed by atoms with Gasteiger partial charge >= 0.3 is 0 Å². The van der Waals surface area contributed by atoms with E-state index in [9.17, 15) is 19.1 Å². The molecule has 1 N–H and O–H groups in total. The Bertz CT molecular complexity index is 717. The second-order valence-electron chi connectivity index (χ2n) is 5.39. The number of rotatable bonds is 2. The number of nitrogens with zero attached hydrogens (tertiary/aromatic N) is 1. The molecule has 1 aromatic carbocycles. The van der Waals surface area contributed by atoms with Crippen LogP contribution in [0.4, 0.5) is 4.39 Å². The first kappa shape index (κ1) is 14.8. The molecule has 1 unspecified atom stereocenters. The summed E-state index contributed by atoms with van der Waals surface area (Å²) in [6.07, 6.45) is 0.930. The third kappa shape index (κ3) is 2.06. The van der Waals surface area contributed by atoms with Gasteiger partial charge in [-0.3, -0.25) is 14.5 Å². The first-order chi connectivity index (χ1) is 10.3. The van der Waals surface area contributed by atoms with Crippen LogP contribution in [-0.4, -0.2) is 28.2 Å². The van der Waals surface area contributed by atoms with Crippen LogP contribution in [0.5, 0.6) is 0 Å². The topological polar surface area (TPSA) is 66.8 Å². The van der Waals surface area contributed by atoms with E-state index in [4.69, 9.17) is 16.3 Å². The third-order valence-electron chi connectivity index (χ3n) is 3.92. The van der Waals surface area contributed by atoms with Gasteiger partial charge in [0.25, 0.3) is 5.78 Å². The Morgan fingerprint density at radius 1 is 1.41 bits per heavy atom. The fraction of sp³-hybridized carbons (Fsp3) is 0.333. The minimum atomic E-state index is -1.73. The van der Waals surface area contributed by atoms with Crippen molar-refractivity contribution in [3.8, 4) is 0 Å². The lowest BCUT2D eigenvalue weighted by Gasteiger charge is -2.26. The van der Waals surface area contributed by atoms with E-state index < -0.39 is 23.0 Å². The van der Waals surface area contributed by atoms with E-state index in [1.165, 1.54) is 24.0 Å². The average Bonchev–Trinajstić information content (AvgIpc) is 2.97. The molecule has 2 aliphatic rings. The van der Waals surface area contributed by atoms with Crippen molar-refractivity contribution in [3.05, 3.63) is 46.2 Å². The molecule has 1 fully saturated rings. The minimum absolute atomic E-state index is 0.0462. The summed E-state index contributed by atoms with van der Waals surface area (Å²) in [6, 6.07) is 3.82. The highest BCUT2D eigenvalue weighted by atomic mass is 35.5. The van der Waals surface area contributed by atoms with Gasteiger partial charge in [-0.1, -0.05) is 17.7 Å². The van der Waals surface area contributed by atoms with E-state index in [2.05, 4.69) is 0 Å². The van der Waals surface area contributed by atoms with Gasteiger partial charge in [0, 0.05) is 23.6 Å². The summed E-state index contributed by atoms with van der Waals surface area (Å²) in [6.45, 7) is 1.70. The molecule has 2 aliphatic heterocycles. The van der Waals surface area contributed by atoms with Crippen LogP contribution in [0.3, 0.4) is 0 Å². The van der Waals surface area contributed by atoms with E-state index in [1.54, 1.807) is 0 Å². The molecule has 1 amide bonds. The number of amides is 1. The summed E-state index contributed by atoms with van der Waals surface area (Å²) in [5.74, 6) is -2.61. The number of hydrogen-bond acceptors (Lipinski definition) is 4. The number of ether oxygens (including phenoxy) is 1. The maximum Gasteiger partial charge on any atom is 0.250 e. The molecule has 116 valence electrons. The number of aliphatic hydroxyl groups is 1. The van der Waals surface area contributed by atoms with Crippen molar-refractivity contribution in [1.82, 2.24) is 4.90 Å². The van der Waals surface area contributed by atoms with Gasteiger partial charge in [-0.25, -0.2) is 4.39 Å². The average molecular weight is 326 g/mol. The smallest absolute Gasteiger partial charge is 0.250 e. The third-order valence-corrected chi connectivity index (χ3v) is 4.15. The Hall–Kier alpha value is -2.08. The molecule has 0 radical (unpaired) electrons. The minimum Gasteiger partial charge on any atom is -0.501 e. The number of carbonyl (C=O) groups excluding carboxylic acids is 2. The number of ketones is 1. The van der Waals surface area contributed by atoms with Crippen molar-refractivity contribution in [2.24, 2.45) is 0 Å². The number of benzene rings is 1. The zero-order chi connectivity index (χ0) is 16.1. The summed E-state index contributed by atoms with van der Waals surface area (Å²) in [7, 11) is 0. The van der Waals surface area contributed by atoms with Gasteiger partial charge in [-0.2, -0.15) is 0 Å². The highest BCUT2D eigenvalue weighted by Gasteiger charge is 2.51. The number of Topliss-reactive ketones (excluding diaryl/α,β-unsaturated/α-hetero) is 1. The first-order valence-electron chi connectivity index (χ1n) is 6.77. The highest BCUT2D eigenvalue weighted by molar-refractivity contribution is 6.30. The lowest BCUT2D eigenvalue weighted by atomic mass is 9.91. The van der Waals surface area contributed by atoms with Crippen molar-refractivity contribution in [3.63, 3.8) is 0 Å². The monoisotopic (exact) mass is 325 g/mol.